The van der Waals surface area contributed by atoms with Gasteiger partial charge in [-0.1, -0.05) is 6.92 Å². The van der Waals surface area contributed by atoms with E-state index in [1.54, 1.807) is 11.4 Å². The third-order valence-electron chi connectivity index (χ3n) is 2.59. The van der Waals surface area contributed by atoms with Crippen LogP contribution < -0.4 is 0 Å². The van der Waals surface area contributed by atoms with Gasteiger partial charge < -0.3 is 0 Å². The molecule has 1 aromatic carbocycles. The summed E-state index contributed by atoms with van der Waals surface area (Å²) in [5.41, 5.74) is 0.334. The molecule has 5 heteroatoms. The average Bonchev–Trinajstić information content (AvgIpc) is 2.81. The van der Waals surface area contributed by atoms with Gasteiger partial charge in [0.25, 0.3) is 0 Å². The van der Waals surface area contributed by atoms with Gasteiger partial charge in [0.2, 0.25) is 5.78 Å². The molecule has 0 radical (unpaired) electrons. The second kappa shape index (κ2) is 4.94. The number of carbonyl (C=O) groups is 1. The van der Waals surface area contributed by atoms with Crippen molar-refractivity contribution in [3.8, 4) is 0 Å². The minimum absolute atomic E-state index is 0.363. The van der Waals surface area contributed by atoms with E-state index in [-0.39, 0.29) is 0 Å². The van der Waals surface area contributed by atoms with Crippen LogP contribution in [-0.2, 0) is 6.42 Å². The number of ketones is 1. The molecule has 1 aromatic heterocycles. The minimum Gasteiger partial charge on any atom is -0.288 e. The van der Waals surface area contributed by atoms with E-state index in [1.807, 2.05) is 6.92 Å². The second-order valence-corrected chi connectivity index (χ2v) is 4.62. The van der Waals surface area contributed by atoms with Crippen molar-refractivity contribution in [1.29, 1.82) is 0 Å². The van der Waals surface area contributed by atoms with Gasteiger partial charge in [0, 0.05) is 6.07 Å². The summed E-state index contributed by atoms with van der Waals surface area (Å²) >= 11 is 1.16. The summed E-state index contributed by atoms with van der Waals surface area (Å²) in [6, 6.07) is 2.75. The zero-order chi connectivity index (χ0) is 13.3. The van der Waals surface area contributed by atoms with Crippen LogP contribution in [0, 0.1) is 17.5 Å². The van der Waals surface area contributed by atoms with Gasteiger partial charge in [-0.2, -0.15) is 0 Å². The van der Waals surface area contributed by atoms with Crippen molar-refractivity contribution in [2.75, 3.05) is 0 Å². The number of thiophene rings is 1. The molecule has 0 unspecified atom stereocenters. The van der Waals surface area contributed by atoms with E-state index < -0.39 is 28.8 Å². The van der Waals surface area contributed by atoms with Crippen molar-refractivity contribution in [2.24, 2.45) is 0 Å². The summed E-state index contributed by atoms with van der Waals surface area (Å²) in [4.78, 5) is 12.4. The summed E-state index contributed by atoms with van der Waals surface area (Å²) in [5, 5.41) is 1.71. The number of rotatable bonds is 3. The van der Waals surface area contributed by atoms with Crippen molar-refractivity contribution in [3.05, 3.63) is 57.0 Å². The maximum absolute atomic E-state index is 13.5. The quantitative estimate of drug-likeness (QED) is 0.609. The van der Waals surface area contributed by atoms with Crippen LogP contribution >= 0.6 is 11.3 Å². The molecular formula is C13H9F3OS. The third-order valence-corrected chi connectivity index (χ3v) is 3.54. The number of benzene rings is 1. The predicted molar refractivity (Wildman–Crippen MR) is 63.4 cm³/mol. The van der Waals surface area contributed by atoms with E-state index in [0.29, 0.717) is 23.4 Å². The predicted octanol–water partition coefficient (Wildman–Crippen LogP) is 3.96. The highest BCUT2D eigenvalue weighted by molar-refractivity contribution is 7.12. The molecule has 2 aromatic rings. The first-order valence-electron chi connectivity index (χ1n) is 5.30. The molecule has 94 valence electrons. The normalized spacial score (nSPS) is 10.7. The zero-order valence-corrected chi connectivity index (χ0v) is 10.3. The van der Waals surface area contributed by atoms with Gasteiger partial charge in [0.15, 0.2) is 11.6 Å². The van der Waals surface area contributed by atoms with Crippen LogP contribution in [0.2, 0.25) is 0 Å². The van der Waals surface area contributed by atoms with Crippen molar-refractivity contribution in [1.82, 2.24) is 0 Å². The van der Waals surface area contributed by atoms with Gasteiger partial charge in [-0.15, -0.1) is 11.3 Å². The summed E-state index contributed by atoms with van der Waals surface area (Å²) in [6.07, 6.45) is 0.621. The van der Waals surface area contributed by atoms with Crippen LogP contribution in [0.3, 0.4) is 0 Å². The molecule has 0 bridgehead atoms. The Bertz CT molecular complexity index is 604. The second-order valence-electron chi connectivity index (χ2n) is 3.70. The smallest absolute Gasteiger partial charge is 0.206 e. The molecule has 0 atom stereocenters. The highest BCUT2D eigenvalue weighted by atomic mass is 32.1. The van der Waals surface area contributed by atoms with Gasteiger partial charge in [-0.25, -0.2) is 13.2 Å². The minimum atomic E-state index is -1.30. The Balaban J connectivity index is 2.50. The Morgan fingerprint density at radius 2 is 1.83 bits per heavy atom. The van der Waals surface area contributed by atoms with Crippen molar-refractivity contribution < 1.29 is 18.0 Å². The van der Waals surface area contributed by atoms with Gasteiger partial charge in [0.1, 0.15) is 5.82 Å². The summed E-state index contributed by atoms with van der Waals surface area (Å²) in [5.74, 6) is -4.19. The van der Waals surface area contributed by atoms with Crippen molar-refractivity contribution in [2.45, 2.75) is 13.3 Å². The van der Waals surface area contributed by atoms with Gasteiger partial charge in [-0.05, 0) is 29.5 Å². The molecule has 0 aliphatic rings. The highest BCUT2D eigenvalue weighted by Crippen LogP contribution is 2.24. The van der Waals surface area contributed by atoms with Crippen molar-refractivity contribution >= 4 is 17.1 Å². The Labute approximate surface area is 106 Å². The van der Waals surface area contributed by atoms with Gasteiger partial charge >= 0.3 is 0 Å². The lowest BCUT2D eigenvalue weighted by Gasteiger charge is -2.04. The van der Waals surface area contributed by atoms with Crippen LogP contribution in [0.25, 0.3) is 0 Å². The lowest BCUT2D eigenvalue weighted by Crippen LogP contribution is -2.06. The average molecular weight is 270 g/mol. The number of hydrogen-bond acceptors (Lipinski definition) is 2. The topological polar surface area (TPSA) is 17.1 Å². The monoisotopic (exact) mass is 270 g/mol. The molecule has 0 saturated carbocycles. The Morgan fingerprint density at radius 3 is 2.50 bits per heavy atom. The number of halogens is 3. The SMILES string of the molecule is CCc1ccsc1C(=O)c1cc(F)c(F)cc1F. The first kappa shape index (κ1) is 12.8. The number of carbonyl (C=O) groups excluding carboxylic acids is 1. The van der Waals surface area contributed by atoms with Gasteiger partial charge in [0.05, 0.1) is 10.4 Å². The highest BCUT2D eigenvalue weighted by Gasteiger charge is 2.20. The van der Waals surface area contributed by atoms with E-state index >= 15 is 0 Å². The third kappa shape index (κ3) is 2.18. The van der Waals surface area contributed by atoms with Crippen LogP contribution in [0.5, 0.6) is 0 Å². The van der Waals surface area contributed by atoms with Crippen LogP contribution in [-0.4, -0.2) is 5.78 Å². The van der Waals surface area contributed by atoms with Crippen molar-refractivity contribution in [3.63, 3.8) is 0 Å². The number of aryl methyl sites for hydroxylation is 1. The zero-order valence-electron chi connectivity index (χ0n) is 9.47. The van der Waals surface area contributed by atoms with E-state index in [9.17, 15) is 18.0 Å². The Hall–Kier alpha value is -1.62. The molecule has 0 N–H and O–H groups in total. The van der Waals surface area contributed by atoms with Crippen LogP contribution in [0.4, 0.5) is 13.2 Å². The fourth-order valence-electron chi connectivity index (χ4n) is 1.63. The molecule has 1 heterocycles. The molecule has 2 rings (SSSR count). The molecule has 0 fully saturated rings. The summed E-state index contributed by atoms with van der Waals surface area (Å²) < 4.78 is 39.3. The largest absolute Gasteiger partial charge is 0.288 e. The molecule has 18 heavy (non-hydrogen) atoms. The lowest BCUT2D eigenvalue weighted by atomic mass is 10.0. The molecule has 0 aliphatic heterocycles. The standard InChI is InChI=1S/C13H9F3OS/c1-2-7-3-4-18-13(7)12(17)8-5-10(15)11(16)6-9(8)14/h3-6H,2H2,1H3. The van der Waals surface area contributed by atoms with Gasteiger partial charge in [-0.3, -0.25) is 4.79 Å². The first-order valence-corrected chi connectivity index (χ1v) is 6.18. The van der Waals surface area contributed by atoms with E-state index in [4.69, 9.17) is 0 Å². The first-order chi connectivity index (χ1) is 8.54. The maximum atomic E-state index is 13.5. The fourth-order valence-corrected chi connectivity index (χ4v) is 2.58. The molecule has 1 nitrogen and oxygen atoms in total. The molecule has 0 saturated heterocycles. The lowest BCUT2D eigenvalue weighted by molar-refractivity contribution is 0.103. The van der Waals surface area contributed by atoms with Crippen LogP contribution in [0.15, 0.2) is 23.6 Å². The van der Waals surface area contributed by atoms with E-state index in [0.717, 1.165) is 16.9 Å². The Morgan fingerprint density at radius 1 is 1.17 bits per heavy atom. The number of hydrogen-bond donors (Lipinski definition) is 0. The summed E-state index contributed by atoms with van der Waals surface area (Å²) in [7, 11) is 0. The fraction of sp³-hybridized carbons (Fsp3) is 0.154. The van der Waals surface area contributed by atoms with E-state index in [2.05, 4.69) is 0 Å². The Kier molecular flexibility index (Phi) is 3.52. The summed E-state index contributed by atoms with van der Waals surface area (Å²) in [6.45, 7) is 1.86. The maximum Gasteiger partial charge on any atom is 0.206 e. The molecular weight excluding hydrogens is 261 g/mol. The van der Waals surface area contributed by atoms with E-state index in [1.165, 1.54) is 0 Å². The molecule has 0 spiro atoms. The molecule has 0 aliphatic carbocycles. The van der Waals surface area contributed by atoms with Crippen LogP contribution in [0.1, 0.15) is 27.7 Å². The molecule has 0 amide bonds.